The Hall–Kier alpha value is -1.62. The van der Waals surface area contributed by atoms with Crippen molar-refractivity contribution in [3.63, 3.8) is 0 Å². The maximum Gasteiger partial charge on any atom is 0.251 e. The number of aliphatic hydroxyl groups is 1. The van der Waals surface area contributed by atoms with Gasteiger partial charge in [-0.15, -0.1) is 0 Å². The summed E-state index contributed by atoms with van der Waals surface area (Å²) in [6, 6.07) is 3.66. The molecule has 2 aliphatic rings. The maximum atomic E-state index is 12.3. The molecule has 0 aromatic carbocycles. The first-order valence-corrected chi connectivity index (χ1v) is 8.29. The maximum absolute atomic E-state index is 12.3. The van der Waals surface area contributed by atoms with Crippen LogP contribution in [-0.4, -0.2) is 34.8 Å². The van der Waals surface area contributed by atoms with Gasteiger partial charge in [0, 0.05) is 30.5 Å². The van der Waals surface area contributed by atoms with E-state index in [1.165, 1.54) is 6.42 Å². The van der Waals surface area contributed by atoms with Crippen LogP contribution in [0.4, 0.5) is 0 Å². The molecule has 1 aromatic heterocycles. The number of rotatable bonds is 5. The van der Waals surface area contributed by atoms with Crippen LogP contribution in [0.25, 0.3) is 0 Å². The van der Waals surface area contributed by atoms with E-state index >= 15 is 0 Å². The molecule has 0 unspecified atom stereocenters. The Bertz CT molecular complexity index is 508. The number of hydrogen-bond donors (Lipinski definition) is 2. The predicted molar refractivity (Wildman–Crippen MR) is 82.8 cm³/mol. The fourth-order valence-corrected chi connectivity index (χ4v) is 3.03. The van der Waals surface area contributed by atoms with Crippen molar-refractivity contribution in [2.75, 3.05) is 6.61 Å². The molecule has 2 saturated carbocycles. The summed E-state index contributed by atoms with van der Waals surface area (Å²) in [4.78, 5) is 16.5. The minimum Gasteiger partial charge on any atom is -0.474 e. The molecule has 3 rings (SSSR count). The fourth-order valence-electron chi connectivity index (χ4n) is 3.03. The molecule has 2 fully saturated rings. The number of hydrogen-bond acceptors (Lipinski definition) is 4. The third kappa shape index (κ3) is 3.77. The van der Waals surface area contributed by atoms with Crippen LogP contribution in [0.1, 0.15) is 55.3 Å². The van der Waals surface area contributed by atoms with Crippen LogP contribution in [0, 0.1) is 5.92 Å². The molecule has 0 bridgehead atoms. The lowest BCUT2D eigenvalue weighted by atomic mass is 9.86. The second kappa shape index (κ2) is 7.09. The zero-order valence-corrected chi connectivity index (χ0v) is 12.8. The molecule has 1 aromatic rings. The average molecular weight is 304 g/mol. The lowest BCUT2D eigenvalue weighted by molar-refractivity contribution is 0.0909. The zero-order valence-electron chi connectivity index (χ0n) is 12.8. The Morgan fingerprint density at radius 1 is 1.27 bits per heavy atom. The second-order valence-corrected chi connectivity index (χ2v) is 6.43. The minimum atomic E-state index is -0.0618. The first kappa shape index (κ1) is 15.3. The second-order valence-electron chi connectivity index (χ2n) is 6.43. The zero-order chi connectivity index (χ0) is 15.4. The highest BCUT2D eigenvalue weighted by Crippen LogP contribution is 2.25. The van der Waals surface area contributed by atoms with Gasteiger partial charge in [0.05, 0.1) is 0 Å². The van der Waals surface area contributed by atoms with Crippen molar-refractivity contribution >= 4 is 5.91 Å². The van der Waals surface area contributed by atoms with Crippen molar-refractivity contribution in [2.45, 2.75) is 57.1 Å². The summed E-state index contributed by atoms with van der Waals surface area (Å²) in [6.45, 7) is 0.257. The van der Waals surface area contributed by atoms with E-state index in [1.807, 2.05) is 0 Å². The molecule has 0 spiro atoms. The van der Waals surface area contributed by atoms with Crippen LogP contribution in [0.15, 0.2) is 18.3 Å². The molecule has 0 radical (unpaired) electrons. The van der Waals surface area contributed by atoms with E-state index in [-0.39, 0.29) is 24.7 Å². The van der Waals surface area contributed by atoms with Crippen LogP contribution >= 0.6 is 0 Å². The summed E-state index contributed by atoms with van der Waals surface area (Å²) in [7, 11) is 0. The van der Waals surface area contributed by atoms with Gasteiger partial charge in [-0.25, -0.2) is 4.98 Å². The molecule has 22 heavy (non-hydrogen) atoms. The van der Waals surface area contributed by atoms with Gasteiger partial charge >= 0.3 is 0 Å². The van der Waals surface area contributed by atoms with E-state index in [9.17, 15) is 4.79 Å². The largest absolute Gasteiger partial charge is 0.474 e. The minimum absolute atomic E-state index is 0.0618. The third-order valence-corrected chi connectivity index (χ3v) is 4.78. The standard InChI is InChI=1S/C17H24N2O3/c20-11-12-4-6-14(7-5-12)19-17(21)13-8-9-18-16(10-13)22-15-2-1-3-15/h8-10,12,14-15,20H,1-7,11H2,(H,19,21). The third-order valence-electron chi connectivity index (χ3n) is 4.78. The number of carbonyl (C=O) groups excluding carboxylic acids is 1. The molecule has 1 heterocycles. The van der Waals surface area contributed by atoms with E-state index < -0.39 is 0 Å². The summed E-state index contributed by atoms with van der Waals surface area (Å²) in [5.41, 5.74) is 0.605. The topological polar surface area (TPSA) is 71.5 Å². The van der Waals surface area contributed by atoms with Gasteiger partial charge in [-0.1, -0.05) is 0 Å². The van der Waals surface area contributed by atoms with Crippen LogP contribution < -0.4 is 10.1 Å². The lowest BCUT2D eigenvalue weighted by Gasteiger charge is -2.28. The van der Waals surface area contributed by atoms with Crippen molar-refractivity contribution in [3.05, 3.63) is 23.9 Å². The molecular weight excluding hydrogens is 280 g/mol. The van der Waals surface area contributed by atoms with Gasteiger partial charge in [0.15, 0.2) is 0 Å². The van der Waals surface area contributed by atoms with Crippen LogP contribution in [-0.2, 0) is 0 Å². The average Bonchev–Trinajstić information content (AvgIpc) is 2.52. The number of nitrogens with one attached hydrogen (secondary N) is 1. The van der Waals surface area contributed by atoms with Gasteiger partial charge in [0.1, 0.15) is 6.10 Å². The Morgan fingerprint density at radius 3 is 2.68 bits per heavy atom. The summed E-state index contributed by atoms with van der Waals surface area (Å²) in [5.74, 6) is 0.881. The summed E-state index contributed by atoms with van der Waals surface area (Å²) < 4.78 is 5.74. The molecule has 2 aliphatic carbocycles. The number of carbonyl (C=O) groups is 1. The van der Waals surface area contributed by atoms with E-state index in [1.54, 1.807) is 18.3 Å². The Morgan fingerprint density at radius 2 is 2.05 bits per heavy atom. The number of ether oxygens (including phenoxy) is 1. The van der Waals surface area contributed by atoms with Gasteiger partial charge in [-0.3, -0.25) is 4.79 Å². The number of nitrogens with zero attached hydrogens (tertiary/aromatic N) is 1. The van der Waals surface area contributed by atoms with Gasteiger partial charge in [0.25, 0.3) is 5.91 Å². The SMILES string of the molecule is O=C(NC1CCC(CO)CC1)c1ccnc(OC2CCC2)c1. The van der Waals surface area contributed by atoms with Gasteiger partial charge in [-0.2, -0.15) is 0 Å². The molecule has 1 amide bonds. The number of aliphatic hydroxyl groups excluding tert-OH is 1. The molecule has 2 N–H and O–H groups in total. The van der Waals surface area contributed by atoms with Gasteiger partial charge in [-0.05, 0) is 56.9 Å². The number of aromatic nitrogens is 1. The molecule has 120 valence electrons. The predicted octanol–water partition coefficient (Wildman–Crippen LogP) is 2.29. The molecular formula is C17H24N2O3. The molecule has 0 atom stereocenters. The number of amides is 1. The van der Waals surface area contributed by atoms with E-state index in [2.05, 4.69) is 10.3 Å². The Kier molecular flexibility index (Phi) is 4.93. The summed E-state index contributed by atoms with van der Waals surface area (Å²) in [5, 5.41) is 12.2. The smallest absolute Gasteiger partial charge is 0.251 e. The Labute approximate surface area is 131 Å². The van der Waals surface area contributed by atoms with Gasteiger partial charge < -0.3 is 15.2 Å². The number of pyridine rings is 1. The molecule has 0 saturated heterocycles. The molecule has 5 nitrogen and oxygen atoms in total. The van der Waals surface area contributed by atoms with Crippen molar-refractivity contribution in [3.8, 4) is 5.88 Å². The highest BCUT2D eigenvalue weighted by molar-refractivity contribution is 5.94. The van der Waals surface area contributed by atoms with Crippen LogP contribution in [0.5, 0.6) is 5.88 Å². The van der Waals surface area contributed by atoms with Crippen LogP contribution in [0.2, 0.25) is 0 Å². The molecule has 0 aliphatic heterocycles. The highest BCUT2D eigenvalue weighted by Gasteiger charge is 2.23. The van der Waals surface area contributed by atoms with Crippen LogP contribution in [0.3, 0.4) is 0 Å². The summed E-state index contributed by atoms with van der Waals surface area (Å²) in [6.07, 6.45) is 9.09. The van der Waals surface area contributed by atoms with Crippen molar-refractivity contribution in [1.82, 2.24) is 10.3 Å². The highest BCUT2D eigenvalue weighted by atomic mass is 16.5. The summed E-state index contributed by atoms with van der Waals surface area (Å²) >= 11 is 0. The van der Waals surface area contributed by atoms with Crippen molar-refractivity contribution in [1.29, 1.82) is 0 Å². The van der Waals surface area contributed by atoms with Crippen molar-refractivity contribution in [2.24, 2.45) is 5.92 Å². The van der Waals surface area contributed by atoms with Gasteiger partial charge in [0.2, 0.25) is 5.88 Å². The molecule has 5 heteroatoms. The normalized spacial score (nSPS) is 25.3. The van der Waals surface area contributed by atoms with E-state index in [0.717, 1.165) is 38.5 Å². The van der Waals surface area contributed by atoms with E-state index in [0.29, 0.717) is 17.4 Å². The quantitative estimate of drug-likeness (QED) is 0.875. The first-order valence-electron chi connectivity index (χ1n) is 8.29. The Balaban J connectivity index is 1.54. The van der Waals surface area contributed by atoms with Crippen molar-refractivity contribution < 1.29 is 14.6 Å². The monoisotopic (exact) mass is 304 g/mol. The fraction of sp³-hybridized carbons (Fsp3) is 0.647. The lowest BCUT2D eigenvalue weighted by Crippen LogP contribution is -2.38. The first-order chi connectivity index (χ1) is 10.7. The van der Waals surface area contributed by atoms with E-state index in [4.69, 9.17) is 9.84 Å².